The van der Waals surface area contributed by atoms with E-state index >= 15 is 0 Å². The van der Waals surface area contributed by atoms with Gasteiger partial charge in [0.25, 0.3) is 0 Å². The van der Waals surface area contributed by atoms with Gasteiger partial charge in [0.2, 0.25) is 5.91 Å². The average Bonchev–Trinajstić information content (AvgIpc) is 3.05. The predicted molar refractivity (Wildman–Crippen MR) is 69.6 cm³/mol. The van der Waals surface area contributed by atoms with Gasteiger partial charge in [0.05, 0.1) is 12.2 Å². The molecule has 0 radical (unpaired) electrons. The second-order valence-electron chi connectivity index (χ2n) is 5.75. The summed E-state index contributed by atoms with van der Waals surface area (Å²) in [6.07, 6.45) is 7.26. The van der Waals surface area contributed by atoms with Crippen molar-refractivity contribution in [3.8, 4) is 0 Å². The van der Waals surface area contributed by atoms with Gasteiger partial charge in [-0.1, -0.05) is 27.2 Å². The Morgan fingerprint density at radius 2 is 2.06 bits per heavy atom. The molecule has 1 saturated carbocycles. The van der Waals surface area contributed by atoms with E-state index in [4.69, 9.17) is 0 Å². The van der Waals surface area contributed by atoms with E-state index in [0.29, 0.717) is 17.5 Å². The van der Waals surface area contributed by atoms with Crippen LogP contribution >= 0.6 is 0 Å². The van der Waals surface area contributed by atoms with Crippen LogP contribution in [0.1, 0.15) is 59.3 Å². The van der Waals surface area contributed by atoms with Crippen molar-refractivity contribution in [2.45, 2.75) is 71.5 Å². The summed E-state index contributed by atoms with van der Waals surface area (Å²) in [6, 6.07) is 0.0687. The van der Waals surface area contributed by atoms with Gasteiger partial charge in [0.15, 0.2) is 0 Å². The third-order valence-corrected chi connectivity index (χ3v) is 4.53. The maximum absolute atomic E-state index is 12.3. The average molecular weight is 238 g/mol. The minimum absolute atomic E-state index is 0.0687. The fourth-order valence-corrected chi connectivity index (χ4v) is 2.90. The van der Waals surface area contributed by atoms with Crippen molar-refractivity contribution in [1.82, 2.24) is 10.2 Å². The normalized spacial score (nSPS) is 31.0. The van der Waals surface area contributed by atoms with E-state index in [2.05, 4.69) is 31.0 Å². The molecule has 1 amide bonds. The van der Waals surface area contributed by atoms with Crippen molar-refractivity contribution in [3.63, 3.8) is 0 Å². The molecule has 1 heterocycles. The zero-order valence-electron chi connectivity index (χ0n) is 11.5. The molecule has 1 aliphatic heterocycles. The van der Waals surface area contributed by atoms with Crippen LogP contribution in [0.4, 0.5) is 0 Å². The second-order valence-corrected chi connectivity index (χ2v) is 5.75. The van der Waals surface area contributed by atoms with Crippen LogP contribution in [-0.2, 0) is 4.79 Å². The quantitative estimate of drug-likeness (QED) is 0.771. The number of carbonyl (C=O) groups excluding carboxylic acids is 1. The standard InChI is InChI=1S/C14H26N2O/c1-4-7-12-15-11(5-2)13(17)16(12)10-14(6-3)8-9-14/h11-12,15H,4-10H2,1-3H3. The number of carbonyl (C=O) groups is 1. The van der Waals surface area contributed by atoms with Crippen LogP contribution in [0.5, 0.6) is 0 Å². The van der Waals surface area contributed by atoms with E-state index in [9.17, 15) is 4.79 Å². The zero-order chi connectivity index (χ0) is 12.5. The first kappa shape index (κ1) is 12.9. The lowest BCUT2D eigenvalue weighted by Crippen LogP contribution is -2.40. The lowest BCUT2D eigenvalue weighted by molar-refractivity contribution is -0.131. The van der Waals surface area contributed by atoms with Crippen molar-refractivity contribution in [2.75, 3.05) is 6.54 Å². The molecule has 3 nitrogen and oxygen atoms in total. The molecule has 17 heavy (non-hydrogen) atoms. The van der Waals surface area contributed by atoms with Gasteiger partial charge in [-0.25, -0.2) is 0 Å². The van der Waals surface area contributed by atoms with Gasteiger partial charge in [0, 0.05) is 6.54 Å². The number of rotatable bonds is 6. The molecule has 98 valence electrons. The molecule has 2 atom stereocenters. The molecule has 1 saturated heterocycles. The van der Waals surface area contributed by atoms with Gasteiger partial charge >= 0.3 is 0 Å². The van der Waals surface area contributed by atoms with Gasteiger partial charge in [-0.2, -0.15) is 0 Å². The highest BCUT2D eigenvalue weighted by Crippen LogP contribution is 2.49. The molecule has 0 spiro atoms. The molecule has 2 rings (SSSR count). The molecular weight excluding hydrogens is 212 g/mol. The summed E-state index contributed by atoms with van der Waals surface area (Å²) in [5, 5.41) is 3.49. The molecule has 1 N–H and O–H groups in total. The molecular formula is C14H26N2O. The minimum Gasteiger partial charge on any atom is -0.325 e. The highest BCUT2D eigenvalue weighted by molar-refractivity contribution is 5.84. The Kier molecular flexibility index (Phi) is 3.76. The fraction of sp³-hybridized carbons (Fsp3) is 0.929. The monoisotopic (exact) mass is 238 g/mol. The van der Waals surface area contributed by atoms with Gasteiger partial charge < -0.3 is 4.90 Å². The third-order valence-electron chi connectivity index (χ3n) is 4.53. The van der Waals surface area contributed by atoms with Gasteiger partial charge in [0.1, 0.15) is 0 Å². The number of amides is 1. The van der Waals surface area contributed by atoms with Gasteiger partial charge in [-0.05, 0) is 37.5 Å². The zero-order valence-corrected chi connectivity index (χ0v) is 11.5. The Labute approximate surface area is 105 Å². The van der Waals surface area contributed by atoms with Crippen LogP contribution in [0, 0.1) is 5.41 Å². The topological polar surface area (TPSA) is 32.3 Å². The van der Waals surface area contributed by atoms with E-state index in [1.807, 2.05) is 0 Å². The van der Waals surface area contributed by atoms with E-state index < -0.39 is 0 Å². The summed E-state index contributed by atoms with van der Waals surface area (Å²) in [7, 11) is 0. The summed E-state index contributed by atoms with van der Waals surface area (Å²) >= 11 is 0. The summed E-state index contributed by atoms with van der Waals surface area (Å²) in [5.41, 5.74) is 0.464. The molecule has 2 fully saturated rings. The van der Waals surface area contributed by atoms with Crippen LogP contribution in [-0.4, -0.2) is 29.6 Å². The highest BCUT2D eigenvalue weighted by atomic mass is 16.2. The van der Waals surface area contributed by atoms with Crippen molar-refractivity contribution < 1.29 is 4.79 Å². The molecule has 2 unspecified atom stereocenters. The second kappa shape index (κ2) is 4.97. The first-order chi connectivity index (χ1) is 8.15. The number of hydrogen-bond donors (Lipinski definition) is 1. The van der Waals surface area contributed by atoms with E-state index in [1.54, 1.807) is 0 Å². The first-order valence-electron chi connectivity index (χ1n) is 7.22. The fourth-order valence-electron chi connectivity index (χ4n) is 2.90. The Bertz CT molecular complexity index is 286. The molecule has 1 aliphatic carbocycles. The lowest BCUT2D eigenvalue weighted by Gasteiger charge is -2.28. The van der Waals surface area contributed by atoms with Gasteiger partial charge in [-0.15, -0.1) is 0 Å². The number of hydrogen-bond acceptors (Lipinski definition) is 2. The number of nitrogens with one attached hydrogen (secondary N) is 1. The molecule has 2 aliphatic rings. The lowest BCUT2D eigenvalue weighted by atomic mass is 10.0. The predicted octanol–water partition coefficient (Wildman–Crippen LogP) is 2.51. The Morgan fingerprint density at radius 1 is 1.35 bits per heavy atom. The first-order valence-corrected chi connectivity index (χ1v) is 7.22. The summed E-state index contributed by atoms with van der Waals surface area (Å²) in [6.45, 7) is 7.52. The largest absolute Gasteiger partial charge is 0.325 e. The van der Waals surface area contributed by atoms with Crippen molar-refractivity contribution >= 4 is 5.91 Å². The van der Waals surface area contributed by atoms with Crippen LogP contribution in [0.25, 0.3) is 0 Å². The van der Waals surface area contributed by atoms with Crippen LogP contribution < -0.4 is 5.32 Å². The van der Waals surface area contributed by atoms with E-state index in [0.717, 1.165) is 25.8 Å². The third kappa shape index (κ3) is 2.49. The molecule has 0 aromatic heterocycles. The smallest absolute Gasteiger partial charge is 0.241 e. The summed E-state index contributed by atoms with van der Waals surface area (Å²) in [5.74, 6) is 0.339. The van der Waals surface area contributed by atoms with Crippen LogP contribution in [0.3, 0.4) is 0 Å². The summed E-state index contributed by atoms with van der Waals surface area (Å²) in [4.78, 5) is 14.4. The highest BCUT2D eigenvalue weighted by Gasteiger charge is 2.47. The summed E-state index contributed by atoms with van der Waals surface area (Å²) < 4.78 is 0. The number of nitrogens with zero attached hydrogens (tertiary/aromatic N) is 1. The SMILES string of the molecule is CCCC1NC(CC)C(=O)N1CC1(CC)CC1. The van der Waals surface area contributed by atoms with Crippen LogP contribution in [0.2, 0.25) is 0 Å². The van der Waals surface area contributed by atoms with E-state index in [1.165, 1.54) is 19.3 Å². The van der Waals surface area contributed by atoms with Crippen molar-refractivity contribution in [1.29, 1.82) is 0 Å². The Morgan fingerprint density at radius 3 is 2.53 bits per heavy atom. The molecule has 0 aromatic rings. The van der Waals surface area contributed by atoms with Crippen LogP contribution in [0.15, 0.2) is 0 Å². The molecule has 3 heteroatoms. The van der Waals surface area contributed by atoms with Crippen molar-refractivity contribution in [3.05, 3.63) is 0 Å². The minimum atomic E-state index is 0.0687. The Hall–Kier alpha value is -0.570. The maximum atomic E-state index is 12.3. The molecule has 0 bridgehead atoms. The Balaban J connectivity index is 2.03. The van der Waals surface area contributed by atoms with E-state index in [-0.39, 0.29) is 6.04 Å². The van der Waals surface area contributed by atoms with Crippen molar-refractivity contribution in [2.24, 2.45) is 5.41 Å². The molecule has 0 aromatic carbocycles. The van der Waals surface area contributed by atoms with Gasteiger partial charge in [-0.3, -0.25) is 10.1 Å². The maximum Gasteiger partial charge on any atom is 0.241 e.